The molecule has 0 bridgehead atoms. The van der Waals surface area contributed by atoms with Crippen LogP contribution in [0, 0.1) is 0 Å². The molecule has 0 saturated heterocycles. The van der Waals surface area contributed by atoms with Gasteiger partial charge >= 0.3 is 23.9 Å². The molecule has 0 radical (unpaired) electrons. The first-order valence-corrected chi connectivity index (χ1v) is 7.69. The number of rotatable bonds is 6. The second-order valence-electron chi connectivity index (χ2n) is 5.14. The minimum absolute atomic E-state index is 0.190. The molecule has 2 rings (SSSR count). The largest absolute Gasteiger partial charge is 0.478 e. The molecule has 0 aliphatic rings. The Labute approximate surface area is 159 Å². The van der Waals surface area contributed by atoms with Crippen molar-refractivity contribution in [3.05, 3.63) is 89.0 Å². The van der Waals surface area contributed by atoms with Crippen molar-refractivity contribution in [3.8, 4) is 0 Å². The van der Waals surface area contributed by atoms with Gasteiger partial charge in [0.25, 0.3) is 0 Å². The summed E-state index contributed by atoms with van der Waals surface area (Å²) in [5.74, 6) is -5.01. The molecule has 0 spiro atoms. The molecule has 144 valence electrons. The van der Waals surface area contributed by atoms with Crippen molar-refractivity contribution in [2.45, 2.75) is 0 Å². The first-order chi connectivity index (χ1) is 13.2. The van der Waals surface area contributed by atoms with E-state index in [0.29, 0.717) is 6.08 Å². The van der Waals surface area contributed by atoms with Crippen LogP contribution in [-0.2, 0) is 9.59 Å². The molecule has 0 aromatic heterocycles. The minimum atomic E-state index is -1.28. The van der Waals surface area contributed by atoms with Gasteiger partial charge in [-0.2, -0.15) is 0 Å². The van der Waals surface area contributed by atoms with Crippen LogP contribution in [0.2, 0.25) is 0 Å². The lowest BCUT2D eigenvalue weighted by molar-refractivity contribution is -0.134. The molecule has 0 aliphatic carbocycles. The van der Waals surface area contributed by atoms with Gasteiger partial charge in [-0.15, -0.1) is 0 Å². The van der Waals surface area contributed by atoms with Crippen molar-refractivity contribution in [2.75, 3.05) is 0 Å². The number of carboxylic acids is 4. The zero-order chi connectivity index (χ0) is 21.1. The van der Waals surface area contributed by atoms with Gasteiger partial charge in [0.05, 0.1) is 16.7 Å². The Kier molecular flexibility index (Phi) is 8.36. The number of aromatic carboxylic acids is 2. The van der Waals surface area contributed by atoms with Crippen LogP contribution in [-0.4, -0.2) is 44.3 Å². The maximum Gasteiger partial charge on any atom is 0.336 e. The summed E-state index contributed by atoms with van der Waals surface area (Å²) in [5, 5.41) is 34.3. The van der Waals surface area contributed by atoms with Crippen LogP contribution in [0.3, 0.4) is 0 Å². The highest BCUT2D eigenvalue weighted by molar-refractivity contribution is 6.01. The summed E-state index contributed by atoms with van der Waals surface area (Å²) in [6.45, 7) is 0. The van der Waals surface area contributed by atoms with E-state index in [0.717, 1.165) is 5.56 Å². The molecule has 8 nitrogen and oxygen atoms in total. The van der Waals surface area contributed by atoms with E-state index >= 15 is 0 Å². The monoisotopic (exact) mass is 384 g/mol. The summed E-state index contributed by atoms with van der Waals surface area (Å²) in [6, 6.07) is 14.5. The summed E-state index contributed by atoms with van der Waals surface area (Å²) >= 11 is 0. The van der Waals surface area contributed by atoms with Crippen LogP contribution in [0.5, 0.6) is 0 Å². The number of benzene rings is 2. The normalized spacial score (nSPS) is 10.6. The molecule has 0 heterocycles. The molecule has 2 aromatic rings. The van der Waals surface area contributed by atoms with E-state index in [4.69, 9.17) is 20.4 Å². The van der Waals surface area contributed by atoms with Gasteiger partial charge in [-0.05, 0) is 23.8 Å². The van der Waals surface area contributed by atoms with Crippen LogP contribution < -0.4 is 0 Å². The van der Waals surface area contributed by atoms with Gasteiger partial charge in [-0.3, -0.25) is 0 Å². The molecule has 0 unspecified atom stereocenters. The fourth-order valence-electron chi connectivity index (χ4n) is 1.92. The maximum atomic E-state index is 10.7. The SMILES string of the molecule is O=C(O)/C=C(/C=Cc1ccccc1)C(=O)O.O=C(O)c1ccccc1C(=O)O. The van der Waals surface area contributed by atoms with Gasteiger partial charge in [0, 0.05) is 6.08 Å². The van der Waals surface area contributed by atoms with E-state index < -0.39 is 23.9 Å². The lowest BCUT2D eigenvalue weighted by atomic mass is 10.1. The highest BCUT2D eigenvalue weighted by Gasteiger charge is 2.13. The van der Waals surface area contributed by atoms with Crippen LogP contribution in [0.4, 0.5) is 0 Å². The number of carbonyl (C=O) groups is 4. The maximum absolute atomic E-state index is 10.7. The average Bonchev–Trinajstić information content (AvgIpc) is 2.66. The number of hydrogen-bond acceptors (Lipinski definition) is 4. The van der Waals surface area contributed by atoms with Crippen molar-refractivity contribution < 1.29 is 39.6 Å². The van der Waals surface area contributed by atoms with E-state index in [-0.39, 0.29) is 16.7 Å². The second kappa shape index (κ2) is 10.7. The van der Waals surface area contributed by atoms with E-state index in [9.17, 15) is 19.2 Å². The summed E-state index contributed by atoms with van der Waals surface area (Å²) in [6.07, 6.45) is 3.45. The van der Waals surface area contributed by atoms with Gasteiger partial charge in [-0.1, -0.05) is 48.5 Å². The fraction of sp³-hybridized carbons (Fsp3) is 0. The lowest BCUT2D eigenvalue weighted by Crippen LogP contribution is -2.06. The van der Waals surface area contributed by atoms with Crippen molar-refractivity contribution in [2.24, 2.45) is 0 Å². The highest BCUT2D eigenvalue weighted by atomic mass is 16.4. The van der Waals surface area contributed by atoms with Crippen molar-refractivity contribution >= 4 is 30.0 Å². The number of aliphatic carboxylic acids is 2. The summed E-state index contributed by atoms with van der Waals surface area (Å²) in [4.78, 5) is 42.0. The Morgan fingerprint density at radius 3 is 1.54 bits per heavy atom. The Bertz CT molecular complexity index is 893. The molecule has 4 N–H and O–H groups in total. The Morgan fingerprint density at radius 2 is 1.14 bits per heavy atom. The van der Waals surface area contributed by atoms with E-state index in [2.05, 4.69) is 0 Å². The van der Waals surface area contributed by atoms with Gasteiger partial charge in [-0.25, -0.2) is 19.2 Å². The first-order valence-electron chi connectivity index (χ1n) is 7.69. The van der Waals surface area contributed by atoms with Crippen LogP contribution >= 0.6 is 0 Å². The first kappa shape index (κ1) is 21.8. The standard InChI is InChI=1S/C12H10O4.C8H6O4/c13-11(14)8-10(12(15)16)7-6-9-4-2-1-3-5-9;9-7(10)5-3-1-2-4-6(5)8(11)12/h1-8H,(H,13,14)(H,15,16);1-4H,(H,9,10)(H,11,12)/b7-6?,10-8-;. The molecule has 28 heavy (non-hydrogen) atoms. The number of hydrogen-bond donors (Lipinski definition) is 4. The Morgan fingerprint density at radius 1 is 0.679 bits per heavy atom. The molecule has 0 amide bonds. The predicted octanol–water partition coefficient (Wildman–Crippen LogP) is 2.88. The van der Waals surface area contributed by atoms with Gasteiger partial charge < -0.3 is 20.4 Å². The van der Waals surface area contributed by atoms with Crippen molar-refractivity contribution in [3.63, 3.8) is 0 Å². The van der Waals surface area contributed by atoms with Gasteiger partial charge in [0.2, 0.25) is 0 Å². The Hall–Kier alpha value is -4.20. The molecule has 8 heteroatoms. The quantitative estimate of drug-likeness (QED) is 0.439. The van der Waals surface area contributed by atoms with Crippen molar-refractivity contribution in [1.29, 1.82) is 0 Å². The van der Waals surface area contributed by atoms with E-state index in [1.165, 1.54) is 30.3 Å². The minimum Gasteiger partial charge on any atom is -0.478 e. The molecular formula is C20H16O8. The average molecular weight is 384 g/mol. The third-order valence-corrected chi connectivity index (χ3v) is 3.17. The van der Waals surface area contributed by atoms with Crippen molar-refractivity contribution in [1.82, 2.24) is 0 Å². The molecule has 0 fully saturated rings. The van der Waals surface area contributed by atoms with Crippen LogP contribution in [0.1, 0.15) is 26.3 Å². The highest BCUT2D eigenvalue weighted by Crippen LogP contribution is 2.08. The molecule has 2 aromatic carbocycles. The topological polar surface area (TPSA) is 149 Å². The summed E-state index contributed by atoms with van der Waals surface area (Å²) < 4.78 is 0. The zero-order valence-corrected chi connectivity index (χ0v) is 14.4. The third-order valence-electron chi connectivity index (χ3n) is 3.17. The van der Waals surface area contributed by atoms with Gasteiger partial charge in [0.15, 0.2) is 0 Å². The van der Waals surface area contributed by atoms with Crippen LogP contribution in [0.25, 0.3) is 6.08 Å². The zero-order valence-electron chi connectivity index (χ0n) is 14.4. The summed E-state index contributed by atoms with van der Waals surface area (Å²) in [5.41, 5.74) is 0.159. The smallest absolute Gasteiger partial charge is 0.336 e. The van der Waals surface area contributed by atoms with Gasteiger partial charge in [0.1, 0.15) is 0 Å². The fourth-order valence-corrected chi connectivity index (χ4v) is 1.92. The summed E-state index contributed by atoms with van der Waals surface area (Å²) in [7, 11) is 0. The Balaban J connectivity index is 0.000000292. The lowest BCUT2D eigenvalue weighted by Gasteiger charge is -1.98. The second-order valence-corrected chi connectivity index (χ2v) is 5.14. The van der Waals surface area contributed by atoms with Crippen LogP contribution in [0.15, 0.2) is 72.3 Å². The van der Waals surface area contributed by atoms with E-state index in [1.807, 2.05) is 6.07 Å². The number of carboxylic acid groups (broad SMARTS) is 4. The molecule has 0 atom stereocenters. The molecule has 0 saturated carbocycles. The molecule has 0 aliphatic heterocycles. The van der Waals surface area contributed by atoms with E-state index in [1.54, 1.807) is 30.3 Å². The predicted molar refractivity (Wildman–Crippen MR) is 99.2 cm³/mol. The molecular weight excluding hydrogens is 368 g/mol. The third kappa shape index (κ3) is 7.36.